The highest BCUT2D eigenvalue weighted by Gasteiger charge is 2.32. The summed E-state index contributed by atoms with van der Waals surface area (Å²) < 4.78 is 18.3. The van der Waals surface area contributed by atoms with Crippen LogP contribution in [0.5, 0.6) is 0 Å². The van der Waals surface area contributed by atoms with E-state index in [1.54, 1.807) is 0 Å². The predicted octanol–water partition coefficient (Wildman–Crippen LogP) is 5.75. The van der Waals surface area contributed by atoms with Gasteiger partial charge in [0.2, 0.25) is 0 Å². The van der Waals surface area contributed by atoms with Gasteiger partial charge in [0.05, 0.1) is 30.0 Å². The maximum atomic E-state index is 6.49. The van der Waals surface area contributed by atoms with Crippen LogP contribution in [0.2, 0.25) is 0 Å². The van der Waals surface area contributed by atoms with Crippen molar-refractivity contribution in [2.24, 2.45) is 11.8 Å². The van der Waals surface area contributed by atoms with Crippen LogP contribution in [0.15, 0.2) is 0 Å². The largest absolute Gasteiger partial charge is 0.379 e. The molecule has 2 aliphatic rings. The first-order chi connectivity index (χ1) is 11.8. The lowest BCUT2D eigenvalue weighted by Crippen LogP contribution is -2.33. The quantitative estimate of drug-likeness (QED) is 0.527. The van der Waals surface area contributed by atoms with E-state index in [0.29, 0.717) is 30.3 Å². The summed E-state index contributed by atoms with van der Waals surface area (Å²) >= 11 is 0. The molecule has 0 saturated heterocycles. The molecule has 2 aliphatic carbocycles. The molecule has 0 aromatic heterocycles. The maximum Gasteiger partial charge on any atom is 0.0625 e. The van der Waals surface area contributed by atoms with Gasteiger partial charge in [-0.15, -0.1) is 0 Å². The van der Waals surface area contributed by atoms with Gasteiger partial charge in [0, 0.05) is 7.11 Å². The van der Waals surface area contributed by atoms with Crippen molar-refractivity contribution in [3.05, 3.63) is 0 Å². The third-order valence-electron chi connectivity index (χ3n) is 6.16. The van der Waals surface area contributed by atoms with Crippen LogP contribution in [0.25, 0.3) is 0 Å². The lowest BCUT2D eigenvalue weighted by atomic mass is 9.80. The highest BCUT2D eigenvalue weighted by atomic mass is 16.5. The molecule has 0 amide bonds. The van der Waals surface area contributed by atoms with Crippen molar-refractivity contribution in [2.45, 2.75) is 122 Å². The van der Waals surface area contributed by atoms with Crippen LogP contribution in [0, 0.1) is 11.8 Å². The molecule has 4 unspecified atom stereocenters. The summed E-state index contributed by atoms with van der Waals surface area (Å²) in [6.07, 6.45) is 12.8. The zero-order chi connectivity index (χ0) is 18.4. The third kappa shape index (κ3) is 7.19. The van der Waals surface area contributed by atoms with Gasteiger partial charge in [-0.05, 0) is 85.0 Å². The van der Waals surface area contributed by atoms with Crippen molar-refractivity contribution in [1.29, 1.82) is 0 Å². The van der Waals surface area contributed by atoms with E-state index >= 15 is 0 Å². The summed E-state index contributed by atoms with van der Waals surface area (Å²) in [5.74, 6) is 1.42. The van der Waals surface area contributed by atoms with Gasteiger partial charge in [-0.25, -0.2) is 0 Å². The topological polar surface area (TPSA) is 27.7 Å². The summed E-state index contributed by atoms with van der Waals surface area (Å²) in [4.78, 5) is 0. The Kier molecular flexibility index (Phi) is 8.23. The molecule has 148 valence electrons. The Hall–Kier alpha value is -0.120. The van der Waals surface area contributed by atoms with Crippen LogP contribution in [0.1, 0.15) is 92.4 Å². The van der Waals surface area contributed by atoms with Gasteiger partial charge in [-0.2, -0.15) is 0 Å². The molecule has 2 fully saturated rings. The lowest BCUT2D eigenvalue weighted by molar-refractivity contribution is -0.0697. The summed E-state index contributed by atoms with van der Waals surface area (Å²) in [5, 5.41) is 0. The van der Waals surface area contributed by atoms with Crippen LogP contribution in [0.3, 0.4) is 0 Å². The number of ether oxygens (including phenoxy) is 3. The Morgan fingerprint density at radius 2 is 1.68 bits per heavy atom. The second-order valence-corrected chi connectivity index (χ2v) is 9.42. The van der Waals surface area contributed by atoms with Gasteiger partial charge in [0.1, 0.15) is 0 Å². The summed E-state index contributed by atoms with van der Waals surface area (Å²) in [6.45, 7) is 11.0. The Balaban J connectivity index is 1.76. The lowest BCUT2D eigenvalue weighted by Gasteiger charge is -2.35. The minimum Gasteiger partial charge on any atom is -0.379 e. The third-order valence-corrected chi connectivity index (χ3v) is 6.16. The molecular weight excluding hydrogens is 312 g/mol. The summed E-state index contributed by atoms with van der Waals surface area (Å²) in [7, 11) is 1.83. The average molecular weight is 355 g/mol. The second kappa shape index (κ2) is 9.71. The normalized spacial score (nSPS) is 32.3. The molecule has 0 aromatic carbocycles. The molecular formula is C22H42O3. The fraction of sp³-hybridized carbons (Fsp3) is 1.00. The first kappa shape index (κ1) is 21.2. The molecule has 5 atom stereocenters. The maximum absolute atomic E-state index is 6.49. The fourth-order valence-electron chi connectivity index (χ4n) is 4.94. The monoisotopic (exact) mass is 354 g/mol. The van der Waals surface area contributed by atoms with Crippen molar-refractivity contribution in [1.82, 2.24) is 0 Å². The van der Waals surface area contributed by atoms with Crippen molar-refractivity contribution in [2.75, 3.05) is 7.11 Å². The number of hydrogen-bond acceptors (Lipinski definition) is 3. The molecule has 0 N–H and O–H groups in total. The molecule has 0 aromatic rings. The van der Waals surface area contributed by atoms with Crippen molar-refractivity contribution in [3.63, 3.8) is 0 Å². The van der Waals surface area contributed by atoms with Crippen molar-refractivity contribution in [3.8, 4) is 0 Å². The minimum absolute atomic E-state index is 0.0105. The van der Waals surface area contributed by atoms with Gasteiger partial charge >= 0.3 is 0 Å². The molecule has 0 radical (unpaired) electrons. The van der Waals surface area contributed by atoms with E-state index in [4.69, 9.17) is 14.2 Å². The summed E-state index contributed by atoms with van der Waals surface area (Å²) in [6, 6.07) is 0. The summed E-state index contributed by atoms with van der Waals surface area (Å²) in [5.41, 5.74) is -0.0105. The Morgan fingerprint density at radius 1 is 0.960 bits per heavy atom. The number of hydrogen-bond donors (Lipinski definition) is 0. The van der Waals surface area contributed by atoms with Crippen LogP contribution >= 0.6 is 0 Å². The molecule has 3 heteroatoms. The van der Waals surface area contributed by atoms with Crippen molar-refractivity contribution >= 4 is 0 Å². The predicted molar refractivity (Wildman–Crippen MR) is 104 cm³/mol. The van der Waals surface area contributed by atoms with Gasteiger partial charge in [0.25, 0.3) is 0 Å². The van der Waals surface area contributed by atoms with Crippen LogP contribution in [0.4, 0.5) is 0 Å². The van der Waals surface area contributed by atoms with E-state index < -0.39 is 0 Å². The second-order valence-electron chi connectivity index (χ2n) is 9.42. The fourth-order valence-corrected chi connectivity index (χ4v) is 4.94. The molecule has 25 heavy (non-hydrogen) atoms. The minimum atomic E-state index is -0.0105. The number of rotatable bonds is 9. The molecule has 3 nitrogen and oxygen atoms in total. The van der Waals surface area contributed by atoms with Gasteiger partial charge in [-0.1, -0.05) is 19.3 Å². The first-order valence-electron chi connectivity index (χ1n) is 10.6. The molecule has 0 spiro atoms. The SMILES string of the molecule is COC(C)(C)CC1CCCC(O[C@@H](C)CC2CCCC2OC(C)C)C1. The van der Waals surface area contributed by atoms with Gasteiger partial charge < -0.3 is 14.2 Å². The standard InChI is InChI=1S/C22H42O3/c1-16(2)24-21-12-8-10-19(21)13-17(3)25-20-11-7-9-18(14-20)15-22(4,5)23-6/h16-21H,7-15H2,1-6H3/t17-,18?,19?,20?,21?/m0/s1. The van der Waals surface area contributed by atoms with E-state index in [0.717, 1.165) is 18.8 Å². The Labute approximate surface area is 156 Å². The average Bonchev–Trinajstić information content (AvgIpc) is 2.93. The molecule has 0 heterocycles. The van der Waals surface area contributed by atoms with E-state index in [1.165, 1.54) is 44.9 Å². The highest BCUT2D eigenvalue weighted by Crippen LogP contribution is 2.36. The van der Waals surface area contributed by atoms with Gasteiger partial charge in [0.15, 0.2) is 0 Å². The van der Waals surface area contributed by atoms with E-state index in [1.807, 2.05) is 7.11 Å². The zero-order valence-electron chi connectivity index (χ0n) is 17.6. The molecule has 2 rings (SSSR count). The van der Waals surface area contributed by atoms with E-state index in [9.17, 15) is 0 Å². The zero-order valence-corrected chi connectivity index (χ0v) is 17.6. The van der Waals surface area contributed by atoms with E-state index in [-0.39, 0.29) is 5.60 Å². The van der Waals surface area contributed by atoms with Crippen molar-refractivity contribution < 1.29 is 14.2 Å². The molecule has 0 bridgehead atoms. The first-order valence-corrected chi connectivity index (χ1v) is 10.6. The van der Waals surface area contributed by atoms with E-state index in [2.05, 4.69) is 34.6 Å². The molecule has 0 aliphatic heterocycles. The van der Waals surface area contributed by atoms with Crippen LogP contribution < -0.4 is 0 Å². The Morgan fingerprint density at radius 3 is 2.36 bits per heavy atom. The van der Waals surface area contributed by atoms with Crippen LogP contribution in [-0.2, 0) is 14.2 Å². The molecule has 2 saturated carbocycles. The number of methoxy groups -OCH3 is 1. The highest BCUT2D eigenvalue weighted by molar-refractivity contribution is 4.83. The van der Waals surface area contributed by atoms with Gasteiger partial charge in [-0.3, -0.25) is 0 Å². The Bertz CT molecular complexity index is 379. The van der Waals surface area contributed by atoms with Crippen LogP contribution in [-0.4, -0.2) is 37.1 Å². The smallest absolute Gasteiger partial charge is 0.0625 e.